The van der Waals surface area contributed by atoms with Crippen LogP contribution < -0.4 is 5.32 Å². The molecule has 0 aliphatic carbocycles. The second-order valence-corrected chi connectivity index (χ2v) is 10.3. The van der Waals surface area contributed by atoms with Crippen LogP contribution in [-0.2, 0) is 11.2 Å². The van der Waals surface area contributed by atoms with Crippen molar-refractivity contribution in [2.75, 3.05) is 11.9 Å². The van der Waals surface area contributed by atoms with Crippen molar-refractivity contribution in [3.8, 4) is 11.3 Å². The third kappa shape index (κ3) is 5.66. The Bertz CT molecular complexity index is 1280. The van der Waals surface area contributed by atoms with Crippen molar-refractivity contribution in [1.82, 2.24) is 19.5 Å². The molecule has 192 valence electrons. The summed E-state index contributed by atoms with van der Waals surface area (Å²) in [6, 6.07) is 7.86. The molecule has 3 aromatic rings. The van der Waals surface area contributed by atoms with Gasteiger partial charge in [0.15, 0.2) is 5.65 Å². The predicted octanol–water partition coefficient (Wildman–Crippen LogP) is 5.85. The molecule has 1 aromatic carbocycles. The Morgan fingerprint density at radius 1 is 1.17 bits per heavy atom. The van der Waals surface area contributed by atoms with E-state index in [1.54, 1.807) is 37.4 Å². The van der Waals surface area contributed by atoms with Gasteiger partial charge >= 0.3 is 6.09 Å². The number of carbonyl (C=O) groups is 2. The molecule has 3 heterocycles. The molecule has 1 N–H and O–H groups in total. The summed E-state index contributed by atoms with van der Waals surface area (Å²) in [5, 5.41) is 7.22. The number of hydrogen-bond acceptors (Lipinski definition) is 5. The van der Waals surface area contributed by atoms with E-state index in [0.29, 0.717) is 29.1 Å². The zero-order valence-electron chi connectivity index (χ0n) is 21.6. The van der Waals surface area contributed by atoms with Crippen LogP contribution in [0.3, 0.4) is 0 Å². The summed E-state index contributed by atoms with van der Waals surface area (Å²) >= 11 is 0. The minimum absolute atomic E-state index is 0.0842. The fraction of sp³-hybridized carbons (Fsp3) is 0.481. The van der Waals surface area contributed by atoms with E-state index in [-0.39, 0.29) is 17.5 Å². The van der Waals surface area contributed by atoms with Crippen LogP contribution in [0.1, 0.15) is 76.5 Å². The number of aromatic nitrogens is 3. The van der Waals surface area contributed by atoms with E-state index < -0.39 is 17.5 Å². The van der Waals surface area contributed by atoms with Crippen LogP contribution in [-0.4, -0.2) is 49.7 Å². The lowest BCUT2D eigenvalue weighted by atomic mass is 10.1. The van der Waals surface area contributed by atoms with Gasteiger partial charge in [0.1, 0.15) is 17.1 Å². The highest BCUT2D eigenvalue weighted by molar-refractivity contribution is 5.93. The Morgan fingerprint density at radius 3 is 2.67 bits per heavy atom. The maximum atomic E-state index is 14.8. The molecule has 4 rings (SSSR count). The van der Waals surface area contributed by atoms with Gasteiger partial charge in [-0.25, -0.2) is 18.7 Å². The second kappa shape index (κ2) is 10.2. The first kappa shape index (κ1) is 25.6. The van der Waals surface area contributed by atoms with Gasteiger partial charge in [-0.2, -0.15) is 5.10 Å². The van der Waals surface area contributed by atoms with E-state index in [4.69, 9.17) is 4.74 Å². The zero-order chi connectivity index (χ0) is 26.0. The first-order valence-corrected chi connectivity index (χ1v) is 12.6. The molecular formula is C27H34FN5O3. The van der Waals surface area contributed by atoms with Gasteiger partial charge in [0.2, 0.25) is 0 Å². The average molecular weight is 496 g/mol. The monoisotopic (exact) mass is 495 g/mol. The lowest BCUT2D eigenvalue weighted by Gasteiger charge is -2.27. The number of rotatable bonds is 4. The summed E-state index contributed by atoms with van der Waals surface area (Å²) < 4.78 is 21.8. The summed E-state index contributed by atoms with van der Waals surface area (Å²) in [5.74, 6) is -0.569. The third-order valence-corrected chi connectivity index (χ3v) is 6.28. The highest BCUT2D eigenvalue weighted by atomic mass is 19.1. The van der Waals surface area contributed by atoms with Crippen LogP contribution in [0.4, 0.5) is 14.9 Å². The first-order chi connectivity index (χ1) is 17.1. The summed E-state index contributed by atoms with van der Waals surface area (Å²) in [7, 11) is 0. The molecule has 2 amide bonds. The van der Waals surface area contributed by atoms with Gasteiger partial charge in [0.25, 0.3) is 5.91 Å². The van der Waals surface area contributed by atoms with Crippen LogP contribution in [0.2, 0.25) is 0 Å². The molecule has 1 saturated heterocycles. The fourth-order valence-electron chi connectivity index (χ4n) is 4.47. The largest absolute Gasteiger partial charge is 0.444 e. The number of aryl methyl sites for hydroxylation is 1. The van der Waals surface area contributed by atoms with Crippen molar-refractivity contribution in [3.05, 3.63) is 47.5 Å². The van der Waals surface area contributed by atoms with Gasteiger partial charge in [0.05, 0.1) is 5.69 Å². The number of halogens is 1. The SMILES string of the molecule is CCc1cc(C(=O)N2CCCCCC2C)nc2cc(-c3cc(NC(=O)OC(C)(C)C)ccc3F)nn12. The highest BCUT2D eigenvalue weighted by Crippen LogP contribution is 2.27. The Kier molecular flexibility index (Phi) is 7.28. The Labute approximate surface area is 210 Å². The number of hydrogen-bond donors (Lipinski definition) is 1. The van der Waals surface area contributed by atoms with E-state index in [1.165, 1.54) is 18.2 Å². The smallest absolute Gasteiger partial charge is 0.412 e. The molecule has 8 nitrogen and oxygen atoms in total. The van der Waals surface area contributed by atoms with Gasteiger partial charge in [-0.3, -0.25) is 10.1 Å². The van der Waals surface area contributed by atoms with Crippen molar-refractivity contribution >= 4 is 23.3 Å². The molecular weight excluding hydrogens is 461 g/mol. The molecule has 9 heteroatoms. The quantitative estimate of drug-likeness (QED) is 0.490. The van der Waals surface area contributed by atoms with Crippen molar-refractivity contribution < 1.29 is 18.7 Å². The lowest BCUT2D eigenvalue weighted by molar-refractivity contribution is 0.0634. The number of fused-ring (bicyclic) bond motifs is 1. The number of carbonyl (C=O) groups excluding carboxylic acids is 2. The Hall–Kier alpha value is -3.49. The highest BCUT2D eigenvalue weighted by Gasteiger charge is 2.25. The number of nitrogens with one attached hydrogen (secondary N) is 1. The van der Waals surface area contributed by atoms with Crippen LogP contribution in [0.25, 0.3) is 16.9 Å². The number of likely N-dealkylation sites (tertiary alicyclic amines) is 1. The van der Waals surface area contributed by atoms with Crippen LogP contribution in [0, 0.1) is 5.82 Å². The van der Waals surface area contributed by atoms with E-state index in [2.05, 4.69) is 22.3 Å². The molecule has 1 unspecified atom stereocenters. The van der Waals surface area contributed by atoms with Gasteiger partial charge in [-0.1, -0.05) is 19.8 Å². The maximum absolute atomic E-state index is 14.8. The Balaban J connectivity index is 1.67. The molecule has 0 spiro atoms. The molecule has 0 bridgehead atoms. The Morgan fingerprint density at radius 2 is 1.94 bits per heavy atom. The van der Waals surface area contributed by atoms with Crippen molar-refractivity contribution in [2.24, 2.45) is 0 Å². The number of ether oxygens (including phenoxy) is 1. The zero-order valence-corrected chi connectivity index (χ0v) is 21.6. The minimum atomic E-state index is -0.656. The number of amides is 2. The molecule has 1 aliphatic heterocycles. The normalized spacial score (nSPS) is 16.6. The third-order valence-electron chi connectivity index (χ3n) is 6.28. The molecule has 2 aromatic heterocycles. The van der Waals surface area contributed by atoms with Crippen LogP contribution in [0.15, 0.2) is 30.3 Å². The van der Waals surface area contributed by atoms with Gasteiger partial charge < -0.3 is 9.64 Å². The van der Waals surface area contributed by atoms with Crippen molar-refractivity contribution in [3.63, 3.8) is 0 Å². The average Bonchev–Trinajstić information content (AvgIpc) is 3.12. The van der Waals surface area contributed by atoms with E-state index in [1.807, 2.05) is 11.8 Å². The van der Waals surface area contributed by atoms with Gasteiger partial charge in [0, 0.05) is 35.6 Å². The molecule has 1 aliphatic rings. The molecule has 1 atom stereocenters. The molecule has 1 fully saturated rings. The fourth-order valence-corrected chi connectivity index (χ4v) is 4.47. The van der Waals surface area contributed by atoms with Crippen molar-refractivity contribution in [1.29, 1.82) is 0 Å². The standard InChI is InChI=1S/C27H34FN5O3/c1-6-19-15-23(25(34)32-13-9-7-8-10-17(32)2)30-24-16-22(31-33(19)24)20-14-18(11-12-21(20)28)29-26(35)36-27(3,4)5/h11-12,14-17H,6-10,13H2,1-5H3,(H,29,35). The summed E-state index contributed by atoms with van der Waals surface area (Å²) in [6.07, 6.45) is 4.22. The number of benzene rings is 1. The van der Waals surface area contributed by atoms with E-state index in [9.17, 15) is 14.0 Å². The molecule has 0 radical (unpaired) electrons. The summed E-state index contributed by atoms with van der Waals surface area (Å²) in [5.41, 5.74) is 1.95. The van der Waals surface area contributed by atoms with Crippen LogP contribution in [0.5, 0.6) is 0 Å². The second-order valence-electron chi connectivity index (χ2n) is 10.3. The van der Waals surface area contributed by atoms with Crippen molar-refractivity contribution in [2.45, 2.75) is 78.4 Å². The first-order valence-electron chi connectivity index (χ1n) is 12.6. The number of anilines is 1. The van der Waals surface area contributed by atoms with E-state index in [0.717, 1.165) is 37.9 Å². The lowest BCUT2D eigenvalue weighted by Crippen LogP contribution is -2.38. The topological polar surface area (TPSA) is 88.8 Å². The molecule has 36 heavy (non-hydrogen) atoms. The van der Waals surface area contributed by atoms with Gasteiger partial charge in [-0.15, -0.1) is 0 Å². The van der Waals surface area contributed by atoms with Gasteiger partial charge in [-0.05, 0) is 71.2 Å². The summed E-state index contributed by atoms with van der Waals surface area (Å²) in [6.45, 7) is 10.1. The summed E-state index contributed by atoms with van der Waals surface area (Å²) in [4.78, 5) is 32.1. The number of nitrogens with zero attached hydrogens (tertiary/aromatic N) is 4. The van der Waals surface area contributed by atoms with E-state index >= 15 is 0 Å². The maximum Gasteiger partial charge on any atom is 0.412 e. The predicted molar refractivity (Wildman–Crippen MR) is 137 cm³/mol. The van der Waals surface area contributed by atoms with Crippen LogP contribution >= 0.6 is 0 Å². The molecule has 0 saturated carbocycles. The minimum Gasteiger partial charge on any atom is -0.444 e.